The highest BCUT2D eigenvalue weighted by atomic mass is 19.1. The summed E-state index contributed by atoms with van der Waals surface area (Å²) in [7, 11) is 0. The maximum absolute atomic E-state index is 13.4. The molecule has 1 unspecified atom stereocenters. The first-order valence-corrected chi connectivity index (χ1v) is 4.55. The van der Waals surface area contributed by atoms with Gasteiger partial charge in [-0.3, -0.25) is 0 Å². The number of halogens is 1. The van der Waals surface area contributed by atoms with Gasteiger partial charge in [0.25, 0.3) is 0 Å². The van der Waals surface area contributed by atoms with Crippen LogP contribution >= 0.6 is 0 Å². The van der Waals surface area contributed by atoms with Crippen molar-refractivity contribution in [3.8, 4) is 0 Å². The molecule has 1 aromatic heterocycles. The van der Waals surface area contributed by atoms with E-state index in [9.17, 15) is 4.39 Å². The van der Waals surface area contributed by atoms with Crippen LogP contribution in [0.3, 0.4) is 0 Å². The molecule has 0 radical (unpaired) electrons. The second-order valence-electron chi connectivity index (χ2n) is 3.13. The first-order chi connectivity index (χ1) is 7.29. The minimum absolute atomic E-state index is 0.316. The Balaban J connectivity index is 2.37. The lowest BCUT2D eigenvalue weighted by molar-refractivity contribution is 0.597. The van der Waals surface area contributed by atoms with E-state index >= 15 is 0 Å². The average Bonchev–Trinajstić information content (AvgIpc) is 2.30. The summed E-state index contributed by atoms with van der Waals surface area (Å²) in [6.07, 6.45) is 2.99. The highest BCUT2D eigenvalue weighted by Crippen LogP contribution is 2.19. The van der Waals surface area contributed by atoms with E-state index in [4.69, 9.17) is 5.73 Å². The zero-order valence-electron chi connectivity index (χ0n) is 7.97. The van der Waals surface area contributed by atoms with Crippen LogP contribution in [0.25, 0.3) is 0 Å². The van der Waals surface area contributed by atoms with Crippen LogP contribution in [0.5, 0.6) is 0 Å². The Kier molecular flexibility index (Phi) is 2.69. The van der Waals surface area contributed by atoms with Crippen molar-refractivity contribution in [3.05, 3.63) is 59.9 Å². The van der Waals surface area contributed by atoms with Crippen LogP contribution in [-0.2, 0) is 0 Å². The Hall–Kier alpha value is -1.81. The molecule has 3 nitrogen and oxygen atoms in total. The van der Waals surface area contributed by atoms with Crippen LogP contribution in [0.2, 0.25) is 0 Å². The first-order valence-electron chi connectivity index (χ1n) is 4.55. The van der Waals surface area contributed by atoms with Crippen LogP contribution in [-0.4, -0.2) is 9.97 Å². The predicted molar refractivity (Wildman–Crippen MR) is 54.5 cm³/mol. The zero-order valence-corrected chi connectivity index (χ0v) is 7.97. The molecular weight excluding hydrogens is 193 g/mol. The van der Waals surface area contributed by atoms with Crippen molar-refractivity contribution in [1.29, 1.82) is 0 Å². The van der Waals surface area contributed by atoms with Gasteiger partial charge in [0.15, 0.2) is 0 Å². The van der Waals surface area contributed by atoms with Gasteiger partial charge in [-0.15, -0.1) is 0 Å². The molecule has 0 aliphatic carbocycles. The molecule has 0 amide bonds. The van der Waals surface area contributed by atoms with Gasteiger partial charge in [0.1, 0.15) is 12.1 Å². The van der Waals surface area contributed by atoms with Crippen molar-refractivity contribution in [1.82, 2.24) is 9.97 Å². The summed E-state index contributed by atoms with van der Waals surface area (Å²) in [4.78, 5) is 7.78. The summed E-state index contributed by atoms with van der Waals surface area (Å²) < 4.78 is 13.4. The molecule has 0 fully saturated rings. The maximum atomic E-state index is 13.4. The van der Waals surface area contributed by atoms with Gasteiger partial charge in [-0.05, 0) is 12.1 Å². The average molecular weight is 203 g/mol. The molecule has 1 heterocycles. The first kappa shape index (κ1) is 9.73. The molecule has 1 atom stereocenters. The smallest absolute Gasteiger partial charge is 0.128 e. The topological polar surface area (TPSA) is 51.8 Å². The molecule has 4 heteroatoms. The minimum Gasteiger partial charge on any atom is -0.319 e. The Morgan fingerprint density at radius 2 is 2.00 bits per heavy atom. The summed E-state index contributed by atoms with van der Waals surface area (Å²) in [6, 6.07) is 7.55. The third-order valence-electron chi connectivity index (χ3n) is 2.16. The van der Waals surface area contributed by atoms with Crippen LogP contribution in [0.15, 0.2) is 42.9 Å². The molecule has 0 saturated carbocycles. The Morgan fingerprint density at radius 3 is 2.67 bits per heavy atom. The molecule has 2 rings (SSSR count). The van der Waals surface area contributed by atoms with Crippen LogP contribution in [0.1, 0.15) is 17.3 Å². The largest absolute Gasteiger partial charge is 0.319 e. The molecule has 0 bridgehead atoms. The lowest BCUT2D eigenvalue weighted by Crippen LogP contribution is -2.15. The van der Waals surface area contributed by atoms with Gasteiger partial charge in [0, 0.05) is 11.8 Å². The maximum Gasteiger partial charge on any atom is 0.128 e. The number of nitrogens with two attached hydrogens (primary N) is 1. The molecule has 0 spiro atoms. The summed E-state index contributed by atoms with van der Waals surface area (Å²) in [5.41, 5.74) is 6.93. The van der Waals surface area contributed by atoms with Gasteiger partial charge in [-0.1, -0.05) is 18.2 Å². The monoisotopic (exact) mass is 203 g/mol. The Morgan fingerprint density at radius 1 is 1.20 bits per heavy atom. The van der Waals surface area contributed by atoms with E-state index in [0.717, 1.165) is 0 Å². The van der Waals surface area contributed by atoms with Crippen molar-refractivity contribution < 1.29 is 4.39 Å². The van der Waals surface area contributed by atoms with Gasteiger partial charge < -0.3 is 5.73 Å². The normalized spacial score (nSPS) is 12.4. The third-order valence-corrected chi connectivity index (χ3v) is 2.16. The lowest BCUT2D eigenvalue weighted by atomic mass is 10.0. The SMILES string of the molecule is NC(c1ccncn1)c1ccccc1F. The van der Waals surface area contributed by atoms with Crippen molar-refractivity contribution >= 4 is 0 Å². The van der Waals surface area contributed by atoms with Crippen molar-refractivity contribution in [2.24, 2.45) is 5.73 Å². The van der Waals surface area contributed by atoms with Gasteiger partial charge >= 0.3 is 0 Å². The summed E-state index contributed by atoms with van der Waals surface area (Å²) >= 11 is 0. The fourth-order valence-electron chi connectivity index (χ4n) is 1.37. The predicted octanol–water partition coefficient (Wildman–Crippen LogP) is 1.66. The number of benzene rings is 1. The Bertz CT molecular complexity index is 445. The van der Waals surface area contributed by atoms with Crippen molar-refractivity contribution in [2.75, 3.05) is 0 Å². The fraction of sp³-hybridized carbons (Fsp3) is 0.0909. The quantitative estimate of drug-likeness (QED) is 0.807. The zero-order chi connectivity index (χ0) is 10.7. The van der Waals surface area contributed by atoms with E-state index < -0.39 is 6.04 Å². The minimum atomic E-state index is -0.547. The Labute approximate surface area is 86.8 Å². The lowest BCUT2D eigenvalue weighted by Gasteiger charge is -2.11. The van der Waals surface area contributed by atoms with Crippen molar-refractivity contribution in [3.63, 3.8) is 0 Å². The van der Waals surface area contributed by atoms with E-state index in [1.54, 1.807) is 30.5 Å². The molecule has 0 saturated heterocycles. The van der Waals surface area contributed by atoms with Gasteiger partial charge in [0.05, 0.1) is 11.7 Å². The van der Waals surface area contributed by atoms with E-state index in [1.165, 1.54) is 12.4 Å². The van der Waals surface area contributed by atoms with Gasteiger partial charge in [0.2, 0.25) is 0 Å². The second-order valence-corrected chi connectivity index (χ2v) is 3.13. The molecule has 15 heavy (non-hydrogen) atoms. The molecule has 2 N–H and O–H groups in total. The molecular formula is C11H10FN3. The summed E-state index contributed by atoms with van der Waals surface area (Å²) in [5.74, 6) is -0.316. The van der Waals surface area contributed by atoms with Gasteiger partial charge in [-0.25, -0.2) is 14.4 Å². The van der Waals surface area contributed by atoms with E-state index in [1.807, 2.05) is 0 Å². The fourth-order valence-corrected chi connectivity index (χ4v) is 1.37. The van der Waals surface area contributed by atoms with Gasteiger partial charge in [-0.2, -0.15) is 0 Å². The molecule has 76 valence electrons. The number of aromatic nitrogens is 2. The standard InChI is InChI=1S/C11H10FN3/c12-9-4-2-1-3-8(9)11(13)10-5-6-14-7-15-10/h1-7,11H,13H2. The second kappa shape index (κ2) is 4.14. The third kappa shape index (κ3) is 1.99. The van der Waals surface area contributed by atoms with E-state index in [0.29, 0.717) is 11.3 Å². The molecule has 0 aliphatic heterocycles. The van der Waals surface area contributed by atoms with Crippen LogP contribution in [0, 0.1) is 5.82 Å². The molecule has 2 aromatic rings. The summed E-state index contributed by atoms with van der Waals surface area (Å²) in [5, 5.41) is 0. The van der Waals surface area contributed by atoms with Crippen molar-refractivity contribution in [2.45, 2.75) is 6.04 Å². The number of hydrogen-bond donors (Lipinski definition) is 1. The number of rotatable bonds is 2. The van der Waals surface area contributed by atoms with Crippen LogP contribution < -0.4 is 5.73 Å². The van der Waals surface area contributed by atoms with Crippen LogP contribution in [0.4, 0.5) is 4.39 Å². The molecule has 0 aliphatic rings. The van der Waals surface area contributed by atoms with E-state index in [-0.39, 0.29) is 5.82 Å². The number of hydrogen-bond acceptors (Lipinski definition) is 3. The summed E-state index contributed by atoms with van der Waals surface area (Å²) in [6.45, 7) is 0. The highest BCUT2D eigenvalue weighted by molar-refractivity contribution is 5.27. The number of nitrogens with zero attached hydrogens (tertiary/aromatic N) is 2. The van der Waals surface area contributed by atoms with E-state index in [2.05, 4.69) is 9.97 Å². The molecule has 1 aromatic carbocycles. The highest BCUT2D eigenvalue weighted by Gasteiger charge is 2.13.